The van der Waals surface area contributed by atoms with Crippen molar-refractivity contribution in [2.45, 2.75) is 13.5 Å². The first kappa shape index (κ1) is 15.1. The minimum absolute atomic E-state index is 0.162. The highest BCUT2D eigenvalue weighted by Crippen LogP contribution is 2.21. The van der Waals surface area contributed by atoms with Crippen LogP contribution in [0.25, 0.3) is 0 Å². The van der Waals surface area contributed by atoms with Crippen molar-refractivity contribution in [3.8, 4) is 0 Å². The lowest BCUT2D eigenvalue weighted by Gasteiger charge is -2.05. The van der Waals surface area contributed by atoms with Crippen LogP contribution in [0.2, 0.25) is 0 Å². The Kier molecular flexibility index (Phi) is 4.34. The van der Waals surface area contributed by atoms with Crippen molar-refractivity contribution < 1.29 is 9.72 Å². The summed E-state index contributed by atoms with van der Waals surface area (Å²) in [6.07, 6.45) is 1.60. The van der Waals surface area contributed by atoms with Crippen LogP contribution in [0.15, 0.2) is 28.9 Å². The van der Waals surface area contributed by atoms with E-state index in [1.807, 2.05) is 5.43 Å². The van der Waals surface area contributed by atoms with Crippen LogP contribution in [0.3, 0.4) is 0 Å². The number of hydrogen-bond acceptors (Lipinski definition) is 5. The molecule has 0 atom stereocenters. The lowest BCUT2D eigenvalue weighted by molar-refractivity contribution is -0.390. The molecule has 0 spiro atoms. The first-order valence-corrected chi connectivity index (χ1v) is 6.69. The molecule has 0 radical (unpaired) electrons. The van der Waals surface area contributed by atoms with Gasteiger partial charge in [0.05, 0.1) is 23.4 Å². The van der Waals surface area contributed by atoms with Crippen molar-refractivity contribution in [1.82, 2.24) is 15.2 Å². The number of rotatable bonds is 4. The largest absolute Gasteiger partial charge is 0.392 e. The number of nitrogen functional groups attached to an aromatic ring is 1. The summed E-state index contributed by atoms with van der Waals surface area (Å²) in [5.74, 6) is 4.51. The minimum Gasteiger partial charge on any atom is -0.358 e. The number of nitrogens with two attached hydrogens (primary N) is 1. The van der Waals surface area contributed by atoms with Crippen molar-refractivity contribution in [2.75, 3.05) is 0 Å². The number of amides is 1. The van der Waals surface area contributed by atoms with Crippen molar-refractivity contribution >= 4 is 27.7 Å². The van der Waals surface area contributed by atoms with Gasteiger partial charge in [-0.2, -0.15) is 4.68 Å². The summed E-state index contributed by atoms with van der Waals surface area (Å²) in [4.78, 5) is 21.7. The molecule has 110 valence electrons. The fourth-order valence-corrected chi connectivity index (χ4v) is 2.35. The van der Waals surface area contributed by atoms with Gasteiger partial charge in [0.25, 0.3) is 5.91 Å². The van der Waals surface area contributed by atoms with E-state index in [4.69, 9.17) is 5.84 Å². The first-order valence-electron chi connectivity index (χ1n) is 5.90. The van der Waals surface area contributed by atoms with Crippen LogP contribution in [0, 0.1) is 17.0 Å². The maximum Gasteiger partial charge on any atom is 0.392 e. The molecule has 0 saturated heterocycles. The highest BCUT2D eigenvalue weighted by molar-refractivity contribution is 9.10. The zero-order valence-corrected chi connectivity index (χ0v) is 12.6. The Balaban J connectivity index is 2.26. The predicted molar refractivity (Wildman–Crippen MR) is 78.5 cm³/mol. The number of benzene rings is 1. The van der Waals surface area contributed by atoms with Crippen molar-refractivity contribution in [1.29, 1.82) is 0 Å². The number of halogens is 1. The van der Waals surface area contributed by atoms with Crippen LogP contribution in [0.5, 0.6) is 0 Å². The summed E-state index contributed by atoms with van der Waals surface area (Å²) in [6.45, 7) is 1.98. The smallest absolute Gasteiger partial charge is 0.358 e. The second-order valence-electron chi connectivity index (χ2n) is 4.37. The number of hydrogen-bond donors (Lipinski definition) is 2. The molecule has 0 aliphatic heterocycles. The van der Waals surface area contributed by atoms with E-state index in [2.05, 4.69) is 21.0 Å². The number of aromatic nitrogens is 2. The predicted octanol–water partition coefficient (Wildman–Crippen LogP) is 1.51. The lowest BCUT2D eigenvalue weighted by atomic mass is 10.1. The summed E-state index contributed by atoms with van der Waals surface area (Å²) < 4.78 is 2.18. The minimum atomic E-state index is -0.518. The number of carbonyl (C=O) groups is 1. The summed E-state index contributed by atoms with van der Waals surface area (Å²) in [6, 6.07) is 4.98. The number of aryl methyl sites for hydroxylation is 1. The Morgan fingerprint density at radius 1 is 1.57 bits per heavy atom. The Hall–Kier alpha value is -2.26. The molecular weight excluding hydrogens is 342 g/mol. The molecule has 9 heteroatoms. The normalized spacial score (nSPS) is 10.4. The van der Waals surface area contributed by atoms with Crippen LogP contribution in [-0.4, -0.2) is 20.6 Å². The van der Waals surface area contributed by atoms with Gasteiger partial charge in [-0.3, -0.25) is 10.2 Å². The van der Waals surface area contributed by atoms with E-state index >= 15 is 0 Å². The fourth-order valence-electron chi connectivity index (χ4n) is 1.85. The van der Waals surface area contributed by atoms with Gasteiger partial charge in [-0.15, -0.1) is 0 Å². The first-order chi connectivity index (χ1) is 9.92. The zero-order valence-electron chi connectivity index (χ0n) is 11.0. The van der Waals surface area contributed by atoms with Gasteiger partial charge in [0.15, 0.2) is 0 Å². The molecule has 0 aliphatic carbocycles. The van der Waals surface area contributed by atoms with E-state index in [9.17, 15) is 14.9 Å². The van der Waals surface area contributed by atoms with Gasteiger partial charge in [-0.25, -0.2) is 5.84 Å². The van der Waals surface area contributed by atoms with Crippen LogP contribution >= 0.6 is 15.9 Å². The zero-order chi connectivity index (χ0) is 15.6. The van der Waals surface area contributed by atoms with Crippen LogP contribution in [0.4, 0.5) is 5.82 Å². The van der Waals surface area contributed by atoms with Gasteiger partial charge in [-0.1, -0.05) is 22.0 Å². The average Bonchev–Trinajstić information content (AvgIpc) is 2.81. The van der Waals surface area contributed by atoms with Crippen molar-refractivity contribution in [3.05, 3.63) is 55.7 Å². The average molecular weight is 354 g/mol. The van der Waals surface area contributed by atoms with Gasteiger partial charge in [0.2, 0.25) is 0 Å². The molecule has 21 heavy (non-hydrogen) atoms. The number of nitrogens with one attached hydrogen (secondary N) is 1. The summed E-state index contributed by atoms with van der Waals surface area (Å²) in [5.41, 5.74) is 3.79. The molecule has 0 fully saturated rings. The highest BCUT2D eigenvalue weighted by Gasteiger charge is 2.17. The lowest BCUT2D eigenvalue weighted by Crippen LogP contribution is -2.29. The van der Waals surface area contributed by atoms with E-state index in [1.165, 1.54) is 4.68 Å². The highest BCUT2D eigenvalue weighted by atomic mass is 79.9. The van der Waals surface area contributed by atoms with Gasteiger partial charge in [0, 0.05) is 10.0 Å². The Labute approximate surface area is 128 Å². The fraction of sp³-hybridized carbons (Fsp3) is 0.167. The third-order valence-corrected chi connectivity index (χ3v) is 3.61. The maximum atomic E-state index is 11.4. The van der Waals surface area contributed by atoms with Gasteiger partial charge in [-0.05, 0) is 29.5 Å². The molecule has 0 aliphatic rings. The van der Waals surface area contributed by atoms with E-state index < -0.39 is 10.8 Å². The quantitative estimate of drug-likeness (QED) is 0.374. The van der Waals surface area contributed by atoms with E-state index in [0.717, 1.165) is 5.56 Å². The van der Waals surface area contributed by atoms with E-state index in [1.54, 1.807) is 31.3 Å². The van der Waals surface area contributed by atoms with Crippen LogP contribution in [0.1, 0.15) is 21.5 Å². The summed E-state index contributed by atoms with van der Waals surface area (Å²) in [7, 11) is 0. The second-order valence-corrected chi connectivity index (χ2v) is 5.22. The molecular formula is C12H12BrN5O3. The topological polar surface area (TPSA) is 116 Å². The summed E-state index contributed by atoms with van der Waals surface area (Å²) in [5, 5.41) is 14.7. The SMILES string of the molecule is Cc1cn(Cc2ccc(C(=O)NN)cc2Br)nc1[N+](=O)[O-]. The Morgan fingerprint density at radius 2 is 2.29 bits per heavy atom. The Morgan fingerprint density at radius 3 is 2.81 bits per heavy atom. The number of nitrogens with zero attached hydrogens (tertiary/aromatic N) is 3. The number of hydrazine groups is 1. The third-order valence-electron chi connectivity index (χ3n) is 2.87. The van der Waals surface area contributed by atoms with Gasteiger partial charge < -0.3 is 10.1 Å². The van der Waals surface area contributed by atoms with E-state index in [-0.39, 0.29) is 5.82 Å². The molecule has 0 bridgehead atoms. The number of nitro groups is 1. The third kappa shape index (κ3) is 3.26. The molecule has 1 aromatic carbocycles. The molecule has 0 unspecified atom stereocenters. The van der Waals surface area contributed by atoms with Crippen molar-refractivity contribution in [3.63, 3.8) is 0 Å². The van der Waals surface area contributed by atoms with Crippen LogP contribution < -0.4 is 11.3 Å². The molecule has 1 aromatic heterocycles. The Bertz CT molecular complexity index is 713. The second kappa shape index (κ2) is 6.02. The molecule has 1 heterocycles. The van der Waals surface area contributed by atoms with E-state index in [0.29, 0.717) is 22.1 Å². The maximum absolute atomic E-state index is 11.4. The molecule has 2 rings (SSSR count). The molecule has 2 aromatic rings. The van der Waals surface area contributed by atoms with Gasteiger partial charge >= 0.3 is 5.82 Å². The molecule has 1 amide bonds. The van der Waals surface area contributed by atoms with Crippen LogP contribution in [-0.2, 0) is 6.54 Å². The summed E-state index contributed by atoms with van der Waals surface area (Å²) >= 11 is 3.36. The standard InChI is InChI=1S/C12H12BrN5O3/c1-7-5-17(16-11(7)18(20)21)6-9-3-2-8(4-10(9)13)12(19)15-14/h2-5H,6,14H2,1H3,(H,15,19). The molecule has 8 nitrogen and oxygen atoms in total. The molecule has 3 N–H and O–H groups in total. The van der Waals surface area contributed by atoms with Crippen molar-refractivity contribution in [2.24, 2.45) is 5.84 Å². The number of carbonyl (C=O) groups excluding carboxylic acids is 1. The molecule has 0 saturated carbocycles. The van der Waals surface area contributed by atoms with Gasteiger partial charge in [0.1, 0.15) is 0 Å². The monoisotopic (exact) mass is 353 g/mol.